The molecule has 0 amide bonds. The number of rotatable bonds is 6. The summed E-state index contributed by atoms with van der Waals surface area (Å²) >= 11 is 0. The van der Waals surface area contributed by atoms with Crippen LogP contribution >= 0.6 is 0 Å². The maximum atomic E-state index is 13.1. The Morgan fingerprint density at radius 1 is 0.926 bits per heavy atom. The molecule has 4 aromatic rings. The lowest BCUT2D eigenvalue weighted by Crippen LogP contribution is -2.20. The summed E-state index contributed by atoms with van der Waals surface area (Å²) in [6.07, 6.45) is 0. The first-order chi connectivity index (χ1) is 13.2. The van der Waals surface area contributed by atoms with E-state index < -0.39 is 0 Å². The van der Waals surface area contributed by atoms with E-state index in [0.29, 0.717) is 47.4 Å². The van der Waals surface area contributed by atoms with Crippen LogP contribution in [0.4, 0.5) is 4.39 Å². The second kappa shape index (κ2) is 7.60. The molecule has 0 aliphatic rings. The highest BCUT2D eigenvalue weighted by atomic mass is 19.1. The highest BCUT2D eigenvalue weighted by Crippen LogP contribution is 2.22. The van der Waals surface area contributed by atoms with E-state index in [9.17, 15) is 9.18 Å². The Labute approximate surface area is 155 Å². The Kier molecular flexibility index (Phi) is 4.85. The molecule has 27 heavy (non-hydrogen) atoms. The normalized spacial score (nSPS) is 11.1. The molecule has 0 saturated heterocycles. The molecule has 1 N–H and O–H groups in total. The van der Waals surface area contributed by atoms with Crippen molar-refractivity contribution in [2.24, 2.45) is 0 Å². The number of hydrogen-bond acceptors (Lipinski definition) is 4. The van der Waals surface area contributed by atoms with E-state index in [-0.39, 0.29) is 11.2 Å². The molecule has 0 fully saturated rings. The van der Waals surface area contributed by atoms with E-state index in [1.807, 2.05) is 18.2 Å². The molecule has 0 spiro atoms. The Balaban J connectivity index is 1.40. The van der Waals surface area contributed by atoms with E-state index in [0.717, 1.165) is 5.56 Å². The molecular formula is C22H18FNO3. The topological polar surface area (TPSA) is 51.5 Å². The van der Waals surface area contributed by atoms with Gasteiger partial charge in [-0.2, -0.15) is 0 Å². The summed E-state index contributed by atoms with van der Waals surface area (Å²) in [5.74, 6) is 0.393. The number of ether oxygens (including phenoxy) is 1. The zero-order valence-corrected chi connectivity index (χ0v) is 14.6. The van der Waals surface area contributed by atoms with Gasteiger partial charge in [0.05, 0.1) is 10.8 Å². The van der Waals surface area contributed by atoms with Crippen LogP contribution in [0.2, 0.25) is 0 Å². The van der Waals surface area contributed by atoms with E-state index in [1.165, 1.54) is 12.1 Å². The van der Waals surface area contributed by atoms with E-state index in [1.54, 1.807) is 36.4 Å². The first-order valence-corrected chi connectivity index (χ1v) is 8.74. The van der Waals surface area contributed by atoms with Gasteiger partial charge in [-0.1, -0.05) is 24.3 Å². The summed E-state index contributed by atoms with van der Waals surface area (Å²) in [5.41, 5.74) is 1.90. The van der Waals surface area contributed by atoms with Crippen molar-refractivity contribution in [1.82, 2.24) is 5.32 Å². The van der Waals surface area contributed by atoms with E-state index >= 15 is 0 Å². The van der Waals surface area contributed by atoms with Crippen LogP contribution in [0.25, 0.3) is 21.9 Å². The van der Waals surface area contributed by atoms with E-state index in [2.05, 4.69) is 5.32 Å². The third-order valence-electron chi connectivity index (χ3n) is 4.32. The predicted molar refractivity (Wildman–Crippen MR) is 104 cm³/mol. The van der Waals surface area contributed by atoms with Crippen molar-refractivity contribution in [2.75, 3.05) is 13.2 Å². The molecule has 0 unspecified atom stereocenters. The lowest BCUT2D eigenvalue weighted by molar-refractivity contribution is 0.313. The molecule has 1 aromatic heterocycles. The van der Waals surface area contributed by atoms with Crippen molar-refractivity contribution in [2.45, 2.75) is 6.54 Å². The quantitative estimate of drug-likeness (QED) is 0.411. The third kappa shape index (κ3) is 3.83. The second-order valence-electron chi connectivity index (χ2n) is 6.24. The smallest absolute Gasteiger partial charge is 0.200 e. The fraction of sp³-hybridized carbons (Fsp3) is 0.136. The van der Waals surface area contributed by atoms with Gasteiger partial charge >= 0.3 is 0 Å². The second-order valence-corrected chi connectivity index (χ2v) is 6.24. The first-order valence-electron chi connectivity index (χ1n) is 8.74. The first kappa shape index (κ1) is 17.2. The maximum Gasteiger partial charge on any atom is 0.200 e. The zero-order valence-electron chi connectivity index (χ0n) is 14.6. The Hall–Kier alpha value is -3.18. The van der Waals surface area contributed by atoms with Gasteiger partial charge in [0.25, 0.3) is 0 Å². The minimum absolute atomic E-state index is 0.0461. The fourth-order valence-electron chi connectivity index (χ4n) is 2.99. The minimum Gasteiger partial charge on any atom is -0.492 e. The van der Waals surface area contributed by atoms with Crippen LogP contribution in [-0.4, -0.2) is 13.2 Å². The third-order valence-corrected chi connectivity index (χ3v) is 4.32. The average Bonchev–Trinajstić information content (AvgIpc) is 2.68. The summed E-state index contributed by atoms with van der Waals surface area (Å²) in [6.45, 7) is 1.62. The molecule has 0 atom stereocenters. The van der Waals surface area contributed by atoms with E-state index in [4.69, 9.17) is 9.15 Å². The highest BCUT2D eigenvalue weighted by Gasteiger charge is 2.08. The molecule has 0 radical (unpaired) electrons. The lowest BCUT2D eigenvalue weighted by atomic mass is 10.1. The van der Waals surface area contributed by atoms with Crippen molar-refractivity contribution in [1.29, 1.82) is 0 Å². The maximum absolute atomic E-state index is 13.1. The van der Waals surface area contributed by atoms with Gasteiger partial charge < -0.3 is 14.5 Å². The molecule has 4 nitrogen and oxygen atoms in total. The molecule has 0 bridgehead atoms. The van der Waals surface area contributed by atoms with Crippen LogP contribution in [0, 0.1) is 5.82 Å². The Bertz CT molecular complexity index is 1150. The Morgan fingerprint density at radius 3 is 2.67 bits per heavy atom. The van der Waals surface area contributed by atoms with Gasteiger partial charge in [0.15, 0.2) is 0 Å². The lowest BCUT2D eigenvalue weighted by Gasteiger charge is -2.09. The number of benzene rings is 3. The Morgan fingerprint density at radius 2 is 1.78 bits per heavy atom. The molecular weight excluding hydrogens is 345 g/mol. The molecule has 3 aromatic carbocycles. The SMILES string of the molecule is O=c1c2ccccc2oc2cc(OCCNCc3cccc(F)c3)ccc12. The number of halogens is 1. The largest absolute Gasteiger partial charge is 0.492 e. The molecule has 0 aliphatic carbocycles. The molecule has 4 rings (SSSR count). The summed E-state index contributed by atoms with van der Waals surface area (Å²) < 4.78 is 24.7. The molecule has 0 saturated carbocycles. The van der Waals surface area contributed by atoms with Crippen LogP contribution in [0.5, 0.6) is 5.75 Å². The van der Waals surface area contributed by atoms with Crippen molar-refractivity contribution < 1.29 is 13.5 Å². The highest BCUT2D eigenvalue weighted by molar-refractivity contribution is 5.90. The summed E-state index contributed by atoms with van der Waals surface area (Å²) in [5, 5.41) is 4.31. The van der Waals surface area contributed by atoms with Crippen molar-refractivity contribution in [3.05, 3.63) is 88.3 Å². The van der Waals surface area contributed by atoms with Crippen LogP contribution in [0.15, 0.2) is 75.9 Å². The van der Waals surface area contributed by atoms with Crippen molar-refractivity contribution >= 4 is 21.9 Å². The number of fused-ring (bicyclic) bond motifs is 2. The van der Waals surface area contributed by atoms with Crippen LogP contribution in [0.3, 0.4) is 0 Å². The van der Waals surface area contributed by atoms with Crippen LogP contribution < -0.4 is 15.5 Å². The minimum atomic E-state index is -0.240. The van der Waals surface area contributed by atoms with Crippen LogP contribution in [-0.2, 0) is 6.54 Å². The van der Waals surface area contributed by atoms with Crippen molar-refractivity contribution in [3.8, 4) is 5.75 Å². The van der Waals surface area contributed by atoms with Crippen molar-refractivity contribution in [3.63, 3.8) is 0 Å². The van der Waals surface area contributed by atoms with Gasteiger partial charge in [0.2, 0.25) is 5.43 Å². The number of hydrogen-bond donors (Lipinski definition) is 1. The van der Waals surface area contributed by atoms with Gasteiger partial charge in [-0.3, -0.25) is 4.79 Å². The average molecular weight is 363 g/mol. The van der Waals surface area contributed by atoms with Gasteiger partial charge in [-0.25, -0.2) is 4.39 Å². The van der Waals surface area contributed by atoms with Gasteiger partial charge in [-0.15, -0.1) is 0 Å². The molecule has 136 valence electrons. The number of para-hydroxylation sites is 1. The van der Waals surface area contributed by atoms with Gasteiger partial charge in [0.1, 0.15) is 29.3 Å². The standard InChI is InChI=1S/C22H18FNO3/c23-16-5-3-4-15(12-16)14-24-10-11-26-17-8-9-19-21(13-17)27-20-7-2-1-6-18(20)22(19)25/h1-9,12-13,24H,10-11,14H2. The molecule has 5 heteroatoms. The predicted octanol–water partition coefficient (Wildman–Crippen LogP) is 4.25. The summed E-state index contributed by atoms with van der Waals surface area (Å²) in [6, 6.07) is 18.9. The van der Waals surface area contributed by atoms with Gasteiger partial charge in [-0.05, 0) is 42.0 Å². The van der Waals surface area contributed by atoms with Crippen LogP contribution in [0.1, 0.15) is 5.56 Å². The monoisotopic (exact) mass is 363 g/mol. The fourth-order valence-corrected chi connectivity index (χ4v) is 2.99. The zero-order chi connectivity index (χ0) is 18.6. The summed E-state index contributed by atoms with van der Waals surface area (Å²) in [7, 11) is 0. The summed E-state index contributed by atoms with van der Waals surface area (Å²) in [4.78, 5) is 12.5. The molecule has 0 aliphatic heterocycles. The van der Waals surface area contributed by atoms with Gasteiger partial charge in [0, 0.05) is 19.2 Å². The number of nitrogens with one attached hydrogen (secondary N) is 1. The molecule has 1 heterocycles.